The zero-order valence-electron chi connectivity index (χ0n) is 17.7. The Kier molecular flexibility index (Phi) is 6.23. The largest absolute Gasteiger partial charge is 0.372 e. The molecule has 2 saturated heterocycles. The summed E-state index contributed by atoms with van der Waals surface area (Å²) in [6.07, 6.45) is 9.21. The van der Waals surface area contributed by atoms with Gasteiger partial charge in [0.25, 0.3) is 5.91 Å². The van der Waals surface area contributed by atoms with Crippen molar-refractivity contribution in [2.24, 2.45) is 5.92 Å². The van der Waals surface area contributed by atoms with E-state index >= 15 is 0 Å². The van der Waals surface area contributed by atoms with Crippen molar-refractivity contribution in [2.75, 3.05) is 26.2 Å². The number of amides is 2. The molecule has 3 heterocycles. The van der Waals surface area contributed by atoms with Gasteiger partial charge in [0.2, 0.25) is 5.91 Å². The van der Waals surface area contributed by atoms with Gasteiger partial charge in [-0.25, -0.2) is 0 Å². The molecular formula is C22H34N4O3. The summed E-state index contributed by atoms with van der Waals surface area (Å²) in [6.45, 7) is 6.78. The molecule has 0 bridgehead atoms. The number of piperidine rings is 1. The van der Waals surface area contributed by atoms with Crippen molar-refractivity contribution in [3.8, 4) is 0 Å². The number of H-pyrrole nitrogens is 1. The predicted molar refractivity (Wildman–Crippen MR) is 110 cm³/mol. The summed E-state index contributed by atoms with van der Waals surface area (Å²) in [6, 6.07) is 0. The number of rotatable bonds is 4. The van der Waals surface area contributed by atoms with Crippen LogP contribution in [-0.2, 0) is 9.53 Å². The quantitative estimate of drug-likeness (QED) is 0.840. The average Bonchev–Trinajstić information content (AvgIpc) is 3.38. The van der Waals surface area contributed by atoms with Gasteiger partial charge >= 0.3 is 0 Å². The van der Waals surface area contributed by atoms with Gasteiger partial charge in [0, 0.05) is 38.5 Å². The molecule has 29 heavy (non-hydrogen) atoms. The minimum atomic E-state index is 0.0375. The van der Waals surface area contributed by atoms with Gasteiger partial charge in [0.05, 0.1) is 29.7 Å². The summed E-state index contributed by atoms with van der Waals surface area (Å²) in [5.74, 6) is 1.20. The van der Waals surface area contributed by atoms with Gasteiger partial charge in [-0.2, -0.15) is 5.10 Å². The van der Waals surface area contributed by atoms with Crippen LogP contribution in [0.4, 0.5) is 0 Å². The number of ether oxygens (including phenoxy) is 1. The van der Waals surface area contributed by atoms with Crippen LogP contribution in [0.15, 0.2) is 6.20 Å². The Hall–Kier alpha value is -1.89. The smallest absolute Gasteiger partial charge is 0.257 e. The first-order valence-electron chi connectivity index (χ1n) is 11.3. The molecule has 0 radical (unpaired) electrons. The van der Waals surface area contributed by atoms with Gasteiger partial charge < -0.3 is 14.5 Å². The van der Waals surface area contributed by atoms with Crippen LogP contribution < -0.4 is 0 Å². The molecule has 0 spiro atoms. The summed E-state index contributed by atoms with van der Waals surface area (Å²) < 4.78 is 5.76. The number of aromatic nitrogens is 2. The highest BCUT2D eigenvalue weighted by atomic mass is 16.5. The molecule has 160 valence electrons. The summed E-state index contributed by atoms with van der Waals surface area (Å²) in [5, 5.41) is 7.28. The lowest BCUT2D eigenvalue weighted by molar-refractivity contribution is -0.133. The molecule has 2 aliphatic heterocycles. The van der Waals surface area contributed by atoms with E-state index in [-0.39, 0.29) is 24.0 Å². The van der Waals surface area contributed by atoms with Gasteiger partial charge in [-0.3, -0.25) is 14.7 Å². The summed E-state index contributed by atoms with van der Waals surface area (Å²) in [4.78, 5) is 29.7. The maximum absolute atomic E-state index is 13.1. The lowest BCUT2D eigenvalue weighted by Crippen LogP contribution is -2.48. The number of hydrogen-bond acceptors (Lipinski definition) is 4. The van der Waals surface area contributed by atoms with E-state index in [1.54, 1.807) is 6.20 Å². The molecule has 1 saturated carbocycles. The zero-order valence-corrected chi connectivity index (χ0v) is 17.7. The lowest BCUT2D eigenvalue weighted by atomic mass is 9.90. The molecule has 1 N–H and O–H groups in total. The minimum Gasteiger partial charge on any atom is -0.372 e. The molecule has 4 rings (SSSR count). The van der Waals surface area contributed by atoms with Crippen molar-refractivity contribution in [2.45, 2.75) is 76.9 Å². The second kappa shape index (κ2) is 8.86. The number of morpholine rings is 1. The Morgan fingerprint density at radius 2 is 1.72 bits per heavy atom. The first-order chi connectivity index (χ1) is 14.0. The normalized spacial score (nSPS) is 26.8. The second-order valence-electron chi connectivity index (χ2n) is 9.17. The molecule has 7 nitrogen and oxygen atoms in total. The number of nitrogens with zero attached hydrogens (tertiary/aromatic N) is 3. The molecule has 1 aliphatic carbocycles. The third kappa shape index (κ3) is 4.65. The van der Waals surface area contributed by atoms with E-state index in [0.29, 0.717) is 36.9 Å². The van der Waals surface area contributed by atoms with E-state index in [9.17, 15) is 9.59 Å². The predicted octanol–water partition coefficient (Wildman–Crippen LogP) is 2.95. The van der Waals surface area contributed by atoms with Gasteiger partial charge in [-0.15, -0.1) is 0 Å². The monoisotopic (exact) mass is 402 g/mol. The molecule has 2 amide bonds. The van der Waals surface area contributed by atoms with Crippen LogP contribution in [0.1, 0.15) is 80.8 Å². The molecule has 7 heteroatoms. The number of nitrogens with one attached hydrogen (secondary N) is 1. The fourth-order valence-electron chi connectivity index (χ4n) is 5.30. The molecule has 3 fully saturated rings. The third-order valence-corrected chi connectivity index (χ3v) is 6.80. The van der Waals surface area contributed by atoms with Gasteiger partial charge in [0.15, 0.2) is 0 Å². The van der Waals surface area contributed by atoms with Crippen molar-refractivity contribution >= 4 is 11.8 Å². The topological polar surface area (TPSA) is 78.5 Å². The van der Waals surface area contributed by atoms with Crippen LogP contribution in [-0.4, -0.2) is 70.2 Å². The van der Waals surface area contributed by atoms with Gasteiger partial charge in [-0.05, 0) is 45.4 Å². The van der Waals surface area contributed by atoms with E-state index in [1.165, 1.54) is 25.7 Å². The van der Waals surface area contributed by atoms with Crippen molar-refractivity contribution in [1.82, 2.24) is 20.0 Å². The lowest BCUT2D eigenvalue weighted by Gasteiger charge is -2.36. The average molecular weight is 403 g/mol. The maximum atomic E-state index is 13.1. The first-order valence-corrected chi connectivity index (χ1v) is 11.3. The number of carbonyl (C=O) groups excluding carboxylic acids is 2. The van der Waals surface area contributed by atoms with E-state index < -0.39 is 0 Å². The fourth-order valence-corrected chi connectivity index (χ4v) is 5.30. The number of carbonyl (C=O) groups is 2. The highest BCUT2D eigenvalue weighted by molar-refractivity contribution is 5.95. The minimum absolute atomic E-state index is 0.0375. The molecule has 2 atom stereocenters. The third-order valence-electron chi connectivity index (χ3n) is 6.80. The number of aromatic amines is 1. The fraction of sp³-hybridized carbons (Fsp3) is 0.773. The Morgan fingerprint density at radius 1 is 1.07 bits per heavy atom. The second-order valence-corrected chi connectivity index (χ2v) is 9.17. The number of hydrogen-bond donors (Lipinski definition) is 1. The first kappa shape index (κ1) is 20.4. The Balaban J connectivity index is 1.35. The number of likely N-dealkylation sites (tertiary alicyclic amines) is 1. The van der Waals surface area contributed by atoms with Crippen LogP contribution >= 0.6 is 0 Å². The van der Waals surface area contributed by atoms with Crippen LogP contribution in [0, 0.1) is 5.92 Å². The van der Waals surface area contributed by atoms with Crippen LogP contribution in [0.3, 0.4) is 0 Å². The van der Waals surface area contributed by atoms with Gasteiger partial charge in [-0.1, -0.05) is 12.8 Å². The van der Waals surface area contributed by atoms with Crippen molar-refractivity contribution in [1.29, 1.82) is 0 Å². The zero-order chi connectivity index (χ0) is 20.4. The Morgan fingerprint density at radius 3 is 2.38 bits per heavy atom. The molecule has 1 aromatic heterocycles. The molecular weight excluding hydrogens is 368 g/mol. The summed E-state index contributed by atoms with van der Waals surface area (Å²) in [7, 11) is 0. The van der Waals surface area contributed by atoms with Crippen LogP contribution in [0.25, 0.3) is 0 Å². The highest BCUT2D eigenvalue weighted by Crippen LogP contribution is 2.32. The van der Waals surface area contributed by atoms with Crippen LogP contribution in [0.5, 0.6) is 0 Å². The Labute approximate surface area is 173 Å². The molecule has 0 unspecified atom stereocenters. The molecule has 3 aliphatic rings. The van der Waals surface area contributed by atoms with Crippen molar-refractivity contribution in [3.63, 3.8) is 0 Å². The van der Waals surface area contributed by atoms with E-state index in [2.05, 4.69) is 10.2 Å². The molecule has 0 aromatic carbocycles. The maximum Gasteiger partial charge on any atom is 0.257 e. The summed E-state index contributed by atoms with van der Waals surface area (Å²) >= 11 is 0. The van der Waals surface area contributed by atoms with E-state index in [1.807, 2.05) is 23.6 Å². The highest BCUT2D eigenvalue weighted by Gasteiger charge is 2.32. The van der Waals surface area contributed by atoms with E-state index in [0.717, 1.165) is 31.6 Å². The Bertz CT molecular complexity index is 709. The van der Waals surface area contributed by atoms with Crippen molar-refractivity contribution < 1.29 is 14.3 Å². The summed E-state index contributed by atoms with van der Waals surface area (Å²) in [5.41, 5.74) is 1.62. The standard InChI is InChI=1S/C22H34N4O3/c1-15-13-26(14-16(2)29-15)22(28)19-12-23-24-21(19)18-7-9-25(10-8-18)20(27)11-17-5-3-4-6-17/h12,15-18H,3-11,13-14H2,1-2H3,(H,23,24)/t15-,16+. The molecule has 1 aromatic rings. The SMILES string of the molecule is C[C@@H]1CN(C(=O)c2cn[nH]c2C2CCN(C(=O)CC3CCCC3)CC2)C[C@H](C)O1. The van der Waals surface area contributed by atoms with Crippen LogP contribution in [0.2, 0.25) is 0 Å². The van der Waals surface area contributed by atoms with Crippen molar-refractivity contribution in [3.05, 3.63) is 17.5 Å². The van der Waals surface area contributed by atoms with Gasteiger partial charge in [0.1, 0.15) is 0 Å². The van der Waals surface area contributed by atoms with E-state index in [4.69, 9.17) is 4.74 Å².